The van der Waals surface area contributed by atoms with Crippen molar-refractivity contribution in [3.05, 3.63) is 18.1 Å². The van der Waals surface area contributed by atoms with Crippen molar-refractivity contribution < 1.29 is 5.11 Å². The molecular weight excluding hydrogens is 218 g/mol. The molecule has 0 aliphatic heterocycles. The minimum absolute atomic E-state index is 0.00894. The van der Waals surface area contributed by atoms with Crippen molar-refractivity contribution in [1.29, 1.82) is 0 Å². The maximum atomic E-state index is 9.00. The van der Waals surface area contributed by atoms with Crippen LogP contribution < -0.4 is 5.73 Å². The number of rotatable bonds is 3. The zero-order valence-electron chi connectivity index (χ0n) is 9.88. The number of nitrogen functional groups attached to an aromatic ring is 1. The summed E-state index contributed by atoms with van der Waals surface area (Å²) in [5.74, 6) is 0.412. The van der Waals surface area contributed by atoms with Crippen LogP contribution >= 0.6 is 0 Å². The molecule has 0 bridgehead atoms. The molecule has 6 heteroatoms. The summed E-state index contributed by atoms with van der Waals surface area (Å²) in [6.07, 6.45) is 3.36. The smallest absolute Gasteiger partial charge is 0.164 e. The second kappa shape index (κ2) is 4.50. The van der Waals surface area contributed by atoms with E-state index in [0.717, 1.165) is 16.7 Å². The molecule has 0 aliphatic carbocycles. The van der Waals surface area contributed by atoms with E-state index in [4.69, 9.17) is 10.8 Å². The first kappa shape index (κ1) is 11.5. The number of nitrogens with two attached hydrogens (primary N) is 1. The van der Waals surface area contributed by atoms with Gasteiger partial charge >= 0.3 is 0 Å². The molecule has 0 amide bonds. The lowest BCUT2D eigenvalue weighted by Crippen LogP contribution is -2.05. The topological polar surface area (TPSA) is 89.8 Å². The third-order valence-corrected chi connectivity index (χ3v) is 2.68. The van der Waals surface area contributed by atoms with Crippen LogP contribution in [-0.4, -0.2) is 31.5 Å². The van der Waals surface area contributed by atoms with Crippen LogP contribution in [0.3, 0.4) is 0 Å². The molecule has 0 fully saturated rings. The van der Waals surface area contributed by atoms with Crippen LogP contribution in [-0.2, 0) is 6.54 Å². The molecule has 2 heterocycles. The van der Waals surface area contributed by atoms with Gasteiger partial charge in [0.25, 0.3) is 0 Å². The Labute approximate surface area is 98.8 Å². The van der Waals surface area contributed by atoms with Crippen molar-refractivity contribution in [2.24, 2.45) is 0 Å². The Morgan fingerprint density at radius 3 is 2.94 bits per heavy atom. The van der Waals surface area contributed by atoms with Crippen molar-refractivity contribution in [3.8, 4) is 0 Å². The summed E-state index contributed by atoms with van der Waals surface area (Å²) in [5.41, 5.74) is 8.30. The highest BCUT2D eigenvalue weighted by Crippen LogP contribution is 2.26. The maximum Gasteiger partial charge on any atom is 0.164 e. The Bertz CT molecular complexity index is 572. The molecule has 0 unspecified atom stereocenters. The summed E-state index contributed by atoms with van der Waals surface area (Å²) >= 11 is 0. The van der Waals surface area contributed by atoms with Crippen LogP contribution in [0.5, 0.6) is 0 Å². The van der Waals surface area contributed by atoms with Crippen LogP contribution in [0.4, 0.5) is 5.82 Å². The van der Waals surface area contributed by atoms with Crippen molar-refractivity contribution in [2.75, 3.05) is 12.3 Å². The van der Waals surface area contributed by atoms with Crippen molar-refractivity contribution in [2.45, 2.75) is 20.4 Å². The molecule has 0 radical (unpaired) electrons. The number of hydrogen-bond acceptors (Lipinski definition) is 5. The van der Waals surface area contributed by atoms with Gasteiger partial charge in [-0.25, -0.2) is 14.6 Å². The Morgan fingerprint density at radius 1 is 1.53 bits per heavy atom. The van der Waals surface area contributed by atoms with Gasteiger partial charge in [-0.2, -0.15) is 5.10 Å². The van der Waals surface area contributed by atoms with Gasteiger partial charge in [0, 0.05) is 0 Å². The quantitative estimate of drug-likeness (QED) is 0.819. The van der Waals surface area contributed by atoms with Crippen molar-refractivity contribution in [3.63, 3.8) is 0 Å². The predicted octanol–water partition coefficient (Wildman–Crippen LogP) is 0.824. The zero-order valence-corrected chi connectivity index (χ0v) is 9.88. The Hall–Kier alpha value is -1.95. The summed E-state index contributed by atoms with van der Waals surface area (Å²) in [6.45, 7) is 4.29. The van der Waals surface area contributed by atoms with Gasteiger partial charge in [0.1, 0.15) is 17.8 Å². The molecule has 0 saturated heterocycles. The number of hydrogen-bond donors (Lipinski definition) is 2. The molecule has 0 saturated carbocycles. The lowest BCUT2D eigenvalue weighted by molar-refractivity contribution is 0.271. The number of allylic oxidation sites excluding steroid dienone is 2. The van der Waals surface area contributed by atoms with Gasteiger partial charge in [-0.15, -0.1) is 0 Å². The van der Waals surface area contributed by atoms with E-state index in [0.29, 0.717) is 18.0 Å². The molecule has 6 nitrogen and oxygen atoms in total. The predicted molar refractivity (Wildman–Crippen MR) is 66.1 cm³/mol. The molecule has 0 atom stereocenters. The van der Waals surface area contributed by atoms with E-state index in [-0.39, 0.29) is 6.61 Å². The first-order chi connectivity index (χ1) is 8.19. The van der Waals surface area contributed by atoms with Crippen molar-refractivity contribution >= 4 is 22.4 Å². The SMILES string of the molecule is C/C=C(\C)c1nn(CCO)c2ncnc(N)c12. The summed E-state index contributed by atoms with van der Waals surface area (Å²) in [6, 6.07) is 0. The van der Waals surface area contributed by atoms with Gasteiger partial charge in [-0.3, -0.25) is 0 Å². The number of nitrogens with zero attached hydrogens (tertiary/aromatic N) is 4. The van der Waals surface area contributed by atoms with E-state index in [1.54, 1.807) is 4.68 Å². The second-order valence-electron chi connectivity index (χ2n) is 3.72. The molecule has 0 spiro atoms. The number of anilines is 1. The van der Waals surface area contributed by atoms with E-state index < -0.39 is 0 Å². The minimum Gasteiger partial charge on any atom is -0.394 e. The molecule has 2 rings (SSSR count). The first-order valence-corrected chi connectivity index (χ1v) is 5.40. The molecule has 0 aromatic carbocycles. The Kier molecular flexibility index (Phi) is 3.06. The van der Waals surface area contributed by atoms with Gasteiger partial charge < -0.3 is 10.8 Å². The normalized spacial score (nSPS) is 12.3. The summed E-state index contributed by atoms with van der Waals surface area (Å²) in [5, 5.41) is 14.2. The number of fused-ring (bicyclic) bond motifs is 1. The average Bonchev–Trinajstić information content (AvgIpc) is 2.69. The van der Waals surface area contributed by atoms with Gasteiger partial charge in [0.05, 0.1) is 18.5 Å². The highest BCUT2D eigenvalue weighted by atomic mass is 16.3. The second-order valence-corrected chi connectivity index (χ2v) is 3.72. The molecule has 2 aromatic rings. The standard InChI is InChI=1S/C11H15N5O/c1-3-7(2)9-8-10(12)13-6-14-11(8)16(15-9)4-5-17/h3,6,17H,4-5H2,1-2H3,(H2,12,13,14)/b7-3+. The van der Waals surface area contributed by atoms with Gasteiger partial charge in [-0.1, -0.05) is 6.08 Å². The van der Waals surface area contributed by atoms with Crippen LogP contribution in [0.2, 0.25) is 0 Å². The van der Waals surface area contributed by atoms with Gasteiger partial charge in [0.2, 0.25) is 0 Å². The Morgan fingerprint density at radius 2 is 2.29 bits per heavy atom. The van der Waals surface area contributed by atoms with Gasteiger partial charge in [0.15, 0.2) is 5.65 Å². The van der Waals surface area contributed by atoms with Gasteiger partial charge in [-0.05, 0) is 19.4 Å². The molecule has 3 N–H and O–H groups in total. The molecular formula is C11H15N5O. The van der Waals surface area contributed by atoms with Crippen LogP contribution in [0.15, 0.2) is 12.4 Å². The van der Waals surface area contributed by atoms with Crippen LogP contribution in [0.25, 0.3) is 16.6 Å². The Balaban J connectivity index is 2.76. The largest absolute Gasteiger partial charge is 0.394 e. The van der Waals surface area contributed by atoms with Crippen LogP contribution in [0.1, 0.15) is 19.5 Å². The number of aromatic nitrogens is 4. The minimum atomic E-state index is 0.00894. The highest BCUT2D eigenvalue weighted by Gasteiger charge is 2.15. The lowest BCUT2D eigenvalue weighted by atomic mass is 10.1. The van der Waals surface area contributed by atoms with Crippen molar-refractivity contribution in [1.82, 2.24) is 19.7 Å². The lowest BCUT2D eigenvalue weighted by Gasteiger charge is -1.98. The summed E-state index contributed by atoms with van der Waals surface area (Å²) < 4.78 is 1.65. The first-order valence-electron chi connectivity index (χ1n) is 5.40. The number of aliphatic hydroxyl groups excluding tert-OH is 1. The summed E-state index contributed by atoms with van der Waals surface area (Å²) in [7, 11) is 0. The van der Waals surface area contributed by atoms with E-state index in [9.17, 15) is 0 Å². The zero-order chi connectivity index (χ0) is 12.4. The average molecular weight is 233 g/mol. The third kappa shape index (κ3) is 1.87. The van der Waals surface area contributed by atoms with Crippen LogP contribution in [0, 0.1) is 0 Å². The highest BCUT2D eigenvalue weighted by molar-refractivity contribution is 5.95. The summed E-state index contributed by atoms with van der Waals surface area (Å²) in [4.78, 5) is 8.15. The van der Waals surface area contributed by atoms with E-state index in [2.05, 4.69) is 15.1 Å². The molecule has 17 heavy (non-hydrogen) atoms. The fourth-order valence-electron chi connectivity index (χ4n) is 1.69. The molecule has 90 valence electrons. The fraction of sp³-hybridized carbons (Fsp3) is 0.364. The molecule has 0 aliphatic rings. The third-order valence-electron chi connectivity index (χ3n) is 2.68. The van der Waals surface area contributed by atoms with E-state index >= 15 is 0 Å². The maximum absolute atomic E-state index is 9.00. The molecule has 2 aromatic heterocycles. The van der Waals surface area contributed by atoms with E-state index in [1.807, 2.05) is 19.9 Å². The monoisotopic (exact) mass is 233 g/mol. The number of aliphatic hydroxyl groups is 1. The van der Waals surface area contributed by atoms with E-state index in [1.165, 1.54) is 6.33 Å². The fourth-order valence-corrected chi connectivity index (χ4v) is 1.69.